The number of aromatic nitrogens is 2. The minimum atomic E-state index is -0.537. The van der Waals surface area contributed by atoms with Crippen molar-refractivity contribution in [3.05, 3.63) is 95.7 Å². The number of carbonyl (C=O) groups is 2. The van der Waals surface area contributed by atoms with Crippen LogP contribution in [0, 0.1) is 17.2 Å². The molecule has 0 spiro atoms. The molecule has 0 radical (unpaired) electrons. The second-order valence-corrected chi connectivity index (χ2v) is 12.2. The number of amides is 2. The second kappa shape index (κ2) is 13.3. The summed E-state index contributed by atoms with van der Waals surface area (Å²) in [4.78, 5) is 36.2. The number of fused-ring (bicyclic) bond motifs is 1. The van der Waals surface area contributed by atoms with Crippen molar-refractivity contribution in [1.29, 1.82) is 5.26 Å². The smallest absolute Gasteiger partial charge is 0.416 e. The van der Waals surface area contributed by atoms with Crippen molar-refractivity contribution < 1.29 is 23.5 Å². The molecule has 47 heavy (non-hydrogen) atoms. The summed E-state index contributed by atoms with van der Waals surface area (Å²) < 4.78 is 17.6. The van der Waals surface area contributed by atoms with Gasteiger partial charge < -0.3 is 19.2 Å². The van der Waals surface area contributed by atoms with E-state index < -0.39 is 12.2 Å². The standard InChI is InChI=1S/C37H35N5O5/c1-22(2)21-45-32-8-6-5-7-29(32)27-13-14-33(39-18-27)42-20-28(46-37(42)44)19-40-35(43)25-9-11-26(12-10-25)36-41-31-16-24(17-38)15-30(23(3)4)34(31)47-36/h5-16,18,22-23,28H,19-21H2,1-4H3,(H,40,43)/t28-/m1/s1. The fraction of sp³-hybridized carbons (Fsp3) is 0.270. The maximum atomic E-state index is 12.9. The minimum Gasteiger partial charge on any atom is -0.493 e. The third kappa shape index (κ3) is 6.79. The molecule has 10 heteroatoms. The second-order valence-electron chi connectivity index (χ2n) is 12.2. The van der Waals surface area contributed by atoms with Crippen LogP contribution >= 0.6 is 0 Å². The summed E-state index contributed by atoms with van der Waals surface area (Å²) in [5.41, 5.74) is 5.66. The molecule has 238 valence electrons. The van der Waals surface area contributed by atoms with Crippen molar-refractivity contribution in [2.75, 3.05) is 24.6 Å². The van der Waals surface area contributed by atoms with E-state index in [1.165, 1.54) is 4.90 Å². The molecule has 3 heterocycles. The molecule has 0 unspecified atom stereocenters. The lowest BCUT2D eigenvalue weighted by Crippen LogP contribution is -2.34. The number of nitriles is 1. The van der Waals surface area contributed by atoms with Gasteiger partial charge in [-0.3, -0.25) is 9.69 Å². The average molecular weight is 630 g/mol. The molecule has 1 fully saturated rings. The molecule has 2 aromatic heterocycles. The number of rotatable bonds is 10. The quantitative estimate of drug-likeness (QED) is 0.170. The summed E-state index contributed by atoms with van der Waals surface area (Å²) in [6.45, 7) is 9.28. The SMILES string of the molecule is CC(C)COc1ccccc1-c1ccc(N2C[C@@H](CNC(=O)c3ccc(-c4nc5cc(C#N)cc(C(C)C)c5o4)cc3)OC2=O)nc1. The van der Waals surface area contributed by atoms with Gasteiger partial charge in [-0.05, 0) is 66.4 Å². The van der Waals surface area contributed by atoms with Crippen LogP contribution in [0.2, 0.25) is 0 Å². The first kappa shape index (κ1) is 31.3. The van der Waals surface area contributed by atoms with Crippen LogP contribution in [0.1, 0.15) is 55.1 Å². The van der Waals surface area contributed by atoms with E-state index >= 15 is 0 Å². The number of ether oxygens (including phenoxy) is 2. The molecule has 0 aliphatic carbocycles. The maximum absolute atomic E-state index is 12.9. The van der Waals surface area contributed by atoms with Crippen molar-refractivity contribution in [1.82, 2.24) is 15.3 Å². The lowest BCUT2D eigenvalue weighted by molar-refractivity contribution is 0.0916. The Labute approximate surface area is 273 Å². The first-order valence-electron chi connectivity index (χ1n) is 15.6. The average Bonchev–Trinajstić information content (AvgIpc) is 3.69. The van der Waals surface area contributed by atoms with E-state index in [2.05, 4.69) is 35.2 Å². The molecule has 0 bridgehead atoms. The van der Waals surface area contributed by atoms with Crippen molar-refractivity contribution >= 4 is 28.9 Å². The Morgan fingerprint density at radius 1 is 1.06 bits per heavy atom. The molecule has 10 nitrogen and oxygen atoms in total. The molecule has 3 aromatic carbocycles. The number of oxazole rings is 1. The Kier molecular flexibility index (Phi) is 8.89. The van der Waals surface area contributed by atoms with Crippen molar-refractivity contribution in [3.8, 4) is 34.4 Å². The van der Waals surface area contributed by atoms with Crippen LogP contribution in [0.25, 0.3) is 33.7 Å². The molecule has 1 atom stereocenters. The number of pyridine rings is 1. The molecule has 1 aliphatic heterocycles. The molecule has 1 saturated heterocycles. The van der Waals surface area contributed by atoms with Crippen LogP contribution in [0.4, 0.5) is 10.6 Å². The third-order valence-electron chi connectivity index (χ3n) is 7.82. The van der Waals surface area contributed by atoms with Gasteiger partial charge in [-0.15, -0.1) is 0 Å². The van der Waals surface area contributed by atoms with E-state index in [0.717, 1.165) is 22.4 Å². The van der Waals surface area contributed by atoms with E-state index in [0.29, 0.717) is 52.0 Å². The van der Waals surface area contributed by atoms with Crippen molar-refractivity contribution in [2.24, 2.45) is 5.92 Å². The Hall–Kier alpha value is -5.69. The van der Waals surface area contributed by atoms with Crippen molar-refractivity contribution in [2.45, 2.75) is 39.7 Å². The van der Waals surface area contributed by atoms with Crippen LogP contribution in [0.3, 0.4) is 0 Å². The number of anilines is 1. The van der Waals surface area contributed by atoms with Gasteiger partial charge in [-0.25, -0.2) is 14.8 Å². The molecule has 2 amide bonds. The summed E-state index contributed by atoms with van der Waals surface area (Å²) in [6.07, 6.45) is 0.660. The predicted octanol–water partition coefficient (Wildman–Crippen LogP) is 7.34. The summed E-state index contributed by atoms with van der Waals surface area (Å²) in [5, 5.41) is 12.3. The summed E-state index contributed by atoms with van der Waals surface area (Å²) >= 11 is 0. The van der Waals surface area contributed by atoms with Crippen LogP contribution in [-0.4, -0.2) is 47.8 Å². The first-order chi connectivity index (χ1) is 22.7. The lowest BCUT2D eigenvalue weighted by atomic mass is 10.00. The van der Waals surface area contributed by atoms with Gasteiger partial charge in [-0.1, -0.05) is 45.9 Å². The zero-order chi connectivity index (χ0) is 33.1. The number of cyclic esters (lactones) is 1. The van der Waals surface area contributed by atoms with E-state index in [1.54, 1.807) is 42.6 Å². The fourth-order valence-corrected chi connectivity index (χ4v) is 5.36. The van der Waals surface area contributed by atoms with E-state index in [9.17, 15) is 14.9 Å². The zero-order valence-electron chi connectivity index (χ0n) is 26.7. The van der Waals surface area contributed by atoms with Gasteiger partial charge in [0.25, 0.3) is 5.91 Å². The van der Waals surface area contributed by atoms with Gasteiger partial charge in [0.2, 0.25) is 5.89 Å². The molecular formula is C37H35N5O5. The Balaban J connectivity index is 1.07. The Bertz CT molecular complexity index is 1960. The van der Waals surface area contributed by atoms with Crippen LogP contribution in [-0.2, 0) is 4.74 Å². The summed E-state index contributed by atoms with van der Waals surface area (Å²) in [7, 11) is 0. The number of nitrogens with zero attached hydrogens (tertiary/aromatic N) is 4. The topological polar surface area (TPSA) is 131 Å². The highest BCUT2D eigenvalue weighted by Gasteiger charge is 2.33. The third-order valence-corrected chi connectivity index (χ3v) is 7.82. The molecule has 6 rings (SSSR count). The Morgan fingerprint density at radius 2 is 1.83 bits per heavy atom. The van der Waals surface area contributed by atoms with Gasteiger partial charge in [-0.2, -0.15) is 5.26 Å². The Morgan fingerprint density at radius 3 is 2.53 bits per heavy atom. The van der Waals surface area contributed by atoms with Gasteiger partial charge in [0.15, 0.2) is 5.58 Å². The lowest BCUT2D eigenvalue weighted by Gasteiger charge is -2.15. The zero-order valence-corrected chi connectivity index (χ0v) is 26.7. The summed E-state index contributed by atoms with van der Waals surface area (Å²) in [5.74, 6) is 1.91. The highest BCUT2D eigenvalue weighted by molar-refractivity contribution is 5.95. The van der Waals surface area contributed by atoms with E-state index in [-0.39, 0.29) is 24.9 Å². The van der Waals surface area contributed by atoms with Gasteiger partial charge in [0, 0.05) is 34.0 Å². The largest absolute Gasteiger partial charge is 0.493 e. The number of nitrogens with one attached hydrogen (secondary N) is 1. The number of benzene rings is 3. The molecule has 1 aliphatic rings. The molecular weight excluding hydrogens is 594 g/mol. The van der Waals surface area contributed by atoms with E-state index in [4.69, 9.17) is 13.9 Å². The number of hydrogen-bond acceptors (Lipinski definition) is 8. The van der Waals surface area contributed by atoms with Crippen molar-refractivity contribution in [3.63, 3.8) is 0 Å². The van der Waals surface area contributed by atoms with Gasteiger partial charge >= 0.3 is 6.09 Å². The monoisotopic (exact) mass is 629 g/mol. The predicted molar refractivity (Wildman–Crippen MR) is 178 cm³/mol. The van der Waals surface area contributed by atoms with Crippen LogP contribution in [0.5, 0.6) is 5.75 Å². The van der Waals surface area contributed by atoms with Gasteiger partial charge in [0.05, 0.1) is 31.3 Å². The number of carbonyl (C=O) groups excluding carboxylic acids is 2. The molecule has 0 saturated carbocycles. The van der Waals surface area contributed by atoms with Crippen LogP contribution in [0.15, 0.2) is 83.4 Å². The van der Waals surface area contributed by atoms with E-state index in [1.807, 2.05) is 50.2 Å². The summed E-state index contributed by atoms with van der Waals surface area (Å²) in [6, 6.07) is 24.1. The van der Waals surface area contributed by atoms with Crippen LogP contribution < -0.4 is 15.0 Å². The highest BCUT2D eigenvalue weighted by atomic mass is 16.6. The van der Waals surface area contributed by atoms with Gasteiger partial charge in [0.1, 0.15) is 23.2 Å². The molecule has 5 aromatic rings. The minimum absolute atomic E-state index is 0.145. The highest BCUT2D eigenvalue weighted by Crippen LogP contribution is 2.33. The normalized spacial score (nSPS) is 14.4. The fourth-order valence-electron chi connectivity index (χ4n) is 5.36. The molecule has 1 N–H and O–H groups in total. The number of para-hydroxylation sites is 1. The first-order valence-corrected chi connectivity index (χ1v) is 15.6. The maximum Gasteiger partial charge on any atom is 0.416 e. The number of hydrogen-bond donors (Lipinski definition) is 1.